The standard InChI is InChI=1S/C22H20F3N3OS/c23-15-3-1-13(2-4-15)22-27-19-7-8-28(12-20(19)30-22)21(29)11-17(26)10-14-9-16(24)5-6-18(14)25/h1-6,9,17H,7-8,10-12,26H2/t17-/m1/s1. The molecule has 0 bridgehead atoms. The molecule has 4 nitrogen and oxygen atoms in total. The molecule has 156 valence electrons. The topological polar surface area (TPSA) is 59.2 Å². The Hall–Kier alpha value is -2.71. The highest BCUT2D eigenvalue weighted by molar-refractivity contribution is 7.15. The van der Waals surface area contributed by atoms with Gasteiger partial charge in [-0.15, -0.1) is 11.3 Å². The number of carbonyl (C=O) groups excluding carboxylic acids is 1. The highest BCUT2D eigenvalue weighted by atomic mass is 32.1. The van der Waals surface area contributed by atoms with E-state index in [1.54, 1.807) is 17.0 Å². The molecule has 0 unspecified atom stereocenters. The van der Waals surface area contributed by atoms with Crippen molar-refractivity contribution in [2.75, 3.05) is 6.54 Å². The van der Waals surface area contributed by atoms with Crippen LogP contribution in [0.15, 0.2) is 42.5 Å². The van der Waals surface area contributed by atoms with Gasteiger partial charge >= 0.3 is 0 Å². The number of amides is 1. The Bertz CT molecular complexity index is 1070. The van der Waals surface area contributed by atoms with E-state index < -0.39 is 17.7 Å². The SMILES string of the molecule is N[C@@H](CC(=O)N1CCc2nc(-c3ccc(F)cc3)sc2C1)Cc1cc(F)ccc1F. The van der Waals surface area contributed by atoms with Crippen molar-refractivity contribution in [3.8, 4) is 10.6 Å². The summed E-state index contributed by atoms with van der Waals surface area (Å²) in [5.74, 6) is -1.48. The molecule has 4 rings (SSSR count). The average molecular weight is 431 g/mol. The minimum atomic E-state index is -0.605. The number of nitrogens with two attached hydrogens (primary N) is 1. The third-order valence-electron chi connectivity index (χ3n) is 5.10. The summed E-state index contributed by atoms with van der Waals surface area (Å²) >= 11 is 1.49. The fourth-order valence-electron chi connectivity index (χ4n) is 3.53. The highest BCUT2D eigenvalue weighted by Gasteiger charge is 2.25. The Kier molecular flexibility index (Phi) is 5.87. The van der Waals surface area contributed by atoms with Crippen molar-refractivity contribution >= 4 is 17.2 Å². The molecule has 2 heterocycles. The van der Waals surface area contributed by atoms with Crippen LogP contribution in [-0.2, 0) is 24.2 Å². The molecule has 1 atom stereocenters. The molecule has 3 aromatic rings. The average Bonchev–Trinajstić information content (AvgIpc) is 3.14. The number of carbonyl (C=O) groups is 1. The number of benzene rings is 2. The Morgan fingerprint density at radius 3 is 2.63 bits per heavy atom. The molecule has 1 aliphatic heterocycles. The van der Waals surface area contributed by atoms with Crippen molar-refractivity contribution in [1.29, 1.82) is 0 Å². The van der Waals surface area contributed by atoms with Crippen LogP contribution < -0.4 is 5.73 Å². The molecule has 30 heavy (non-hydrogen) atoms. The zero-order valence-electron chi connectivity index (χ0n) is 16.1. The second-order valence-electron chi connectivity index (χ2n) is 7.37. The van der Waals surface area contributed by atoms with Crippen molar-refractivity contribution in [3.05, 3.63) is 76.1 Å². The molecule has 0 saturated carbocycles. The lowest BCUT2D eigenvalue weighted by Crippen LogP contribution is -2.39. The molecule has 0 aliphatic carbocycles. The van der Waals surface area contributed by atoms with Gasteiger partial charge in [-0.3, -0.25) is 4.79 Å². The van der Waals surface area contributed by atoms with Gasteiger partial charge in [0.05, 0.1) is 12.2 Å². The van der Waals surface area contributed by atoms with Gasteiger partial charge in [-0.2, -0.15) is 0 Å². The van der Waals surface area contributed by atoms with Crippen LogP contribution in [0.25, 0.3) is 10.6 Å². The van der Waals surface area contributed by atoms with E-state index in [0.29, 0.717) is 19.5 Å². The molecule has 1 aliphatic rings. The van der Waals surface area contributed by atoms with Crippen LogP contribution >= 0.6 is 11.3 Å². The summed E-state index contributed by atoms with van der Waals surface area (Å²) in [5.41, 5.74) is 8.01. The summed E-state index contributed by atoms with van der Waals surface area (Å²) in [5, 5.41) is 0.799. The van der Waals surface area contributed by atoms with E-state index in [1.807, 2.05) is 0 Å². The Labute approximate surface area is 176 Å². The predicted octanol–water partition coefficient (Wildman–Crippen LogP) is 4.07. The zero-order valence-corrected chi connectivity index (χ0v) is 16.9. The number of fused-ring (bicyclic) bond motifs is 1. The molecular weight excluding hydrogens is 411 g/mol. The summed E-state index contributed by atoms with van der Waals surface area (Å²) in [6.07, 6.45) is 0.769. The first-order valence-corrected chi connectivity index (χ1v) is 10.4. The molecule has 0 fully saturated rings. The lowest BCUT2D eigenvalue weighted by atomic mass is 10.0. The van der Waals surface area contributed by atoms with Gasteiger partial charge < -0.3 is 10.6 Å². The van der Waals surface area contributed by atoms with E-state index in [0.717, 1.165) is 39.3 Å². The summed E-state index contributed by atoms with van der Waals surface area (Å²) in [6.45, 7) is 0.966. The molecule has 0 saturated heterocycles. The van der Waals surface area contributed by atoms with Gasteiger partial charge in [0.1, 0.15) is 22.5 Å². The monoisotopic (exact) mass is 431 g/mol. The fraction of sp³-hybridized carbons (Fsp3) is 0.273. The van der Waals surface area contributed by atoms with Gasteiger partial charge in [0.25, 0.3) is 0 Å². The van der Waals surface area contributed by atoms with Crippen molar-refractivity contribution in [3.63, 3.8) is 0 Å². The fourth-order valence-corrected chi connectivity index (χ4v) is 4.66. The Balaban J connectivity index is 1.39. The van der Waals surface area contributed by atoms with E-state index >= 15 is 0 Å². The van der Waals surface area contributed by atoms with Gasteiger partial charge in [0, 0.05) is 35.9 Å². The first-order chi connectivity index (χ1) is 14.4. The lowest BCUT2D eigenvalue weighted by Gasteiger charge is -2.27. The number of halogens is 3. The molecule has 1 amide bonds. The van der Waals surface area contributed by atoms with Gasteiger partial charge in [0.15, 0.2) is 0 Å². The van der Waals surface area contributed by atoms with E-state index in [4.69, 9.17) is 5.73 Å². The summed E-state index contributed by atoms with van der Waals surface area (Å²) in [7, 11) is 0. The second kappa shape index (κ2) is 8.57. The maximum atomic E-state index is 13.8. The molecule has 1 aromatic heterocycles. The predicted molar refractivity (Wildman–Crippen MR) is 109 cm³/mol. The van der Waals surface area contributed by atoms with Gasteiger partial charge in [-0.05, 0) is 54.4 Å². The Morgan fingerprint density at radius 2 is 1.87 bits per heavy atom. The third-order valence-corrected chi connectivity index (χ3v) is 6.23. The maximum absolute atomic E-state index is 13.8. The number of thiazole rings is 1. The number of rotatable bonds is 5. The van der Waals surface area contributed by atoms with Crippen LogP contribution in [-0.4, -0.2) is 28.4 Å². The molecule has 2 N–H and O–H groups in total. The minimum Gasteiger partial charge on any atom is -0.337 e. The van der Waals surface area contributed by atoms with Gasteiger partial charge in [0.2, 0.25) is 5.91 Å². The van der Waals surface area contributed by atoms with Crippen LogP contribution in [0.3, 0.4) is 0 Å². The number of nitrogens with zero attached hydrogens (tertiary/aromatic N) is 2. The second-order valence-corrected chi connectivity index (χ2v) is 8.45. The molecule has 0 spiro atoms. The van der Waals surface area contributed by atoms with E-state index in [9.17, 15) is 18.0 Å². The number of aromatic nitrogens is 1. The van der Waals surface area contributed by atoms with Crippen molar-refractivity contribution in [2.24, 2.45) is 5.73 Å². The van der Waals surface area contributed by atoms with Crippen molar-refractivity contribution in [1.82, 2.24) is 9.88 Å². The van der Waals surface area contributed by atoms with E-state index in [1.165, 1.54) is 23.5 Å². The van der Waals surface area contributed by atoms with Crippen LogP contribution in [0.4, 0.5) is 13.2 Å². The minimum absolute atomic E-state index is 0.0505. The van der Waals surface area contributed by atoms with Gasteiger partial charge in [-0.25, -0.2) is 18.2 Å². The van der Waals surface area contributed by atoms with Crippen molar-refractivity contribution in [2.45, 2.75) is 31.8 Å². The van der Waals surface area contributed by atoms with E-state index in [2.05, 4.69) is 4.98 Å². The van der Waals surface area contributed by atoms with Crippen LogP contribution in [0, 0.1) is 17.5 Å². The molecule has 0 radical (unpaired) electrons. The van der Waals surface area contributed by atoms with Crippen LogP contribution in [0.2, 0.25) is 0 Å². The summed E-state index contributed by atoms with van der Waals surface area (Å²) in [6, 6.07) is 8.79. The Morgan fingerprint density at radius 1 is 1.13 bits per heavy atom. The zero-order chi connectivity index (χ0) is 21.3. The summed E-state index contributed by atoms with van der Waals surface area (Å²) < 4.78 is 40.3. The summed E-state index contributed by atoms with van der Waals surface area (Å²) in [4.78, 5) is 20.0. The smallest absolute Gasteiger partial charge is 0.224 e. The van der Waals surface area contributed by atoms with Gasteiger partial charge in [-0.1, -0.05) is 0 Å². The third kappa shape index (κ3) is 4.55. The first kappa shape index (κ1) is 20.6. The largest absolute Gasteiger partial charge is 0.337 e. The maximum Gasteiger partial charge on any atom is 0.224 e. The lowest BCUT2D eigenvalue weighted by molar-refractivity contribution is -0.132. The van der Waals surface area contributed by atoms with Crippen LogP contribution in [0.5, 0.6) is 0 Å². The number of hydrogen-bond donors (Lipinski definition) is 1. The highest BCUT2D eigenvalue weighted by Crippen LogP contribution is 2.32. The van der Waals surface area contributed by atoms with Crippen molar-refractivity contribution < 1.29 is 18.0 Å². The quantitative estimate of drug-likeness (QED) is 0.663. The van der Waals surface area contributed by atoms with Crippen LogP contribution in [0.1, 0.15) is 22.6 Å². The molecule has 8 heteroatoms. The number of hydrogen-bond acceptors (Lipinski definition) is 4. The van der Waals surface area contributed by atoms with E-state index in [-0.39, 0.29) is 30.1 Å². The first-order valence-electron chi connectivity index (χ1n) is 9.61. The molecular formula is C22H20F3N3OS. The molecule has 2 aromatic carbocycles. The normalized spacial score (nSPS) is 14.5.